The summed E-state index contributed by atoms with van der Waals surface area (Å²) in [6.45, 7) is 5.14. The Balaban J connectivity index is 0.000000331. The number of pyridine rings is 1. The highest BCUT2D eigenvalue weighted by Crippen LogP contribution is 2.45. The van der Waals surface area contributed by atoms with Crippen molar-refractivity contribution in [2.45, 2.75) is 39.3 Å². The zero-order valence-electron chi connectivity index (χ0n) is 18.7. The van der Waals surface area contributed by atoms with E-state index in [4.69, 9.17) is 15.2 Å². The molecule has 4 rings (SSSR count). The van der Waals surface area contributed by atoms with E-state index in [0.29, 0.717) is 12.2 Å². The number of hydrogen-bond donors (Lipinski definition) is 4. The molecule has 1 atom stereocenters. The molecule has 0 saturated carbocycles. The number of carbonyl (C=O) groups is 2. The van der Waals surface area contributed by atoms with Crippen LogP contribution in [0.5, 0.6) is 0 Å². The van der Waals surface area contributed by atoms with Crippen molar-refractivity contribution in [3.63, 3.8) is 0 Å². The fourth-order valence-corrected chi connectivity index (χ4v) is 4.04. The molecule has 7 heteroatoms. The highest BCUT2D eigenvalue weighted by molar-refractivity contribution is 5.94. The van der Waals surface area contributed by atoms with Gasteiger partial charge in [0, 0.05) is 35.3 Å². The minimum atomic E-state index is -1.26. The Kier molecular flexibility index (Phi) is 7.45. The Hall–Kier alpha value is -3.71. The highest BCUT2D eigenvalue weighted by Gasteiger charge is 2.34. The maximum absolute atomic E-state index is 10.9. The number of aliphatic hydroxyl groups is 1. The van der Waals surface area contributed by atoms with Crippen LogP contribution >= 0.6 is 0 Å². The summed E-state index contributed by atoms with van der Waals surface area (Å²) < 4.78 is 0. The van der Waals surface area contributed by atoms with E-state index in [1.807, 2.05) is 18.2 Å². The van der Waals surface area contributed by atoms with Crippen molar-refractivity contribution in [1.82, 2.24) is 4.98 Å². The second-order valence-electron chi connectivity index (χ2n) is 8.77. The smallest absolute Gasteiger partial charge is 0.328 e. The molecule has 0 radical (unpaired) electrons. The molecule has 1 unspecified atom stereocenters. The zero-order valence-corrected chi connectivity index (χ0v) is 18.7. The molecule has 0 saturated heterocycles. The number of nitrogens with zero attached hydrogens (tertiary/aromatic N) is 1. The first-order valence-corrected chi connectivity index (χ1v) is 10.7. The SMILES string of the molecule is CC1(C)Cc2nc3ccccc3c(NCc3ccccc3)c2C(O)C1.O=C(O)/C=C\C(=O)O. The number of carboxylic acids is 2. The normalized spacial score (nSPS) is 16.5. The van der Waals surface area contributed by atoms with Crippen molar-refractivity contribution < 1.29 is 24.9 Å². The molecule has 0 aliphatic heterocycles. The standard InChI is InChI=1S/C22H24N2O.C4H4O4/c1-22(2)12-18-20(19(25)13-22)21(16-10-6-7-11-17(16)24-18)23-14-15-8-4-3-5-9-15;5-3(6)1-2-4(7)8/h3-11,19,25H,12-14H2,1-2H3,(H,23,24);1-2H,(H,5,6)(H,7,8)/b;2-1-. The number of benzene rings is 2. The van der Waals surface area contributed by atoms with Gasteiger partial charge in [0.15, 0.2) is 0 Å². The van der Waals surface area contributed by atoms with Gasteiger partial charge in [0.25, 0.3) is 0 Å². The Morgan fingerprint density at radius 2 is 1.64 bits per heavy atom. The van der Waals surface area contributed by atoms with Crippen LogP contribution in [-0.2, 0) is 22.6 Å². The van der Waals surface area contributed by atoms with Gasteiger partial charge >= 0.3 is 11.9 Å². The first-order valence-electron chi connectivity index (χ1n) is 10.7. The predicted octanol–water partition coefficient (Wildman–Crippen LogP) is 4.56. The maximum Gasteiger partial charge on any atom is 0.328 e. The van der Waals surface area contributed by atoms with Gasteiger partial charge in [-0.2, -0.15) is 0 Å². The number of hydrogen-bond acceptors (Lipinski definition) is 5. The van der Waals surface area contributed by atoms with E-state index >= 15 is 0 Å². The van der Waals surface area contributed by atoms with Crippen molar-refractivity contribution in [2.75, 3.05) is 5.32 Å². The predicted molar refractivity (Wildman–Crippen MR) is 127 cm³/mol. The van der Waals surface area contributed by atoms with Crippen molar-refractivity contribution in [1.29, 1.82) is 0 Å². The number of para-hydroxylation sites is 1. The lowest BCUT2D eigenvalue weighted by Crippen LogP contribution is -2.27. The Bertz CT molecular complexity index is 1160. The first-order chi connectivity index (χ1) is 15.7. The van der Waals surface area contributed by atoms with E-state index in [1.54, 1.807) is 0 Å². The summed E-state index contributed by atoms with van der Waals surface area (Å²) in [7, 11) is 0. The van der Waals surface area contributed by atoms with Crippen LogP contribution < -0.4 is 5.32 Å². The molecular weight excluding hydrogens is 420 g/mol. The van der Waals surface area contributed by atoms with Gasteiger partial charge < -0.3 is 20.6 Å². The third-order valence-corrected chi connectivity index (χ3v) is 5.41. The third-order valence-electron chi connectivity index (χ3n) is 5.41. The molecule has 1 aliphatic carbocycles. The molecule has 3 aromatic rings. The van der Waals surface area contributed by atoms with Gasteiger partial charge in [-0.1, -0.05) is 62.4 Å². The van der Waals surface area contributed by atoms with Crippen molar-refractivity contribution in [2.24, 2.45) is 5.41 Å². The fraction of sp³-hybridized carbons (Fsp3) is 0.269. The van der Waals surface area contributed by atoms with Crippen LogP contribution in [0, 0.1) is 5.41 Å². The highest BCUT2D eigenvalue weighted by atomic mass is 16.4. The molecule has 2 aromatic carbocycles. The Morgan fingerprint density at radius 1 is 1.03 bits per heavy atom. The van der Waals surface area contributed by atoms with Crippen LogP contribution in [0.25, 0.3) is 10.9 Å². The van der Waals surface area contributed by atoms with Crippen LogP contribution in [0.3, 0.4) is 0 Å². The van der Waals surface area contributed by atoms with Gasteiger partial charge in [-0.3, -0.25) is 4.98 Å². The van der Waals surface area contributed by atoms with Crippen molar-refractivity contribution >= 4 is 28.5 Å². The number of fused-ring (bicyclic) bond motifs is 2. The van der Waals surface area contributed by atoms with Gasteiger partial charge in [0.05, 0.1) is 17.3 Å². The molecule has 0 fully saturated rings. The van der Waals surface area contributed by atoms with Gasteiger partial charge in [-0.15, -0.1) is 0 Å². The monoisotopic (exact) mass is 448 g/mol. The average Bonchev–Trinajstić information content (AvgIpc) is 2.75. The molecule has 172 valence electrons. The molecule has 1 heterocycles. The lowest BCUT2D eigenvalue weighted by Gasteiger charge is -2.35. The summed E-state index contributed by atoms with van der Waals surface area (Å²) >= 11 is 0. The maximum atomic E-state index is 10.9. The molecular formula is C26H28N2O5. The van der Waals surface area contributed by atoms with Gasteiger partial charge in [0.1, 0.15) is 0 Å². The van der Waals surface area contributed by atoms with Crippen LogP contribution in [-0.4, -0.2) is 32.2 Å². The minimum absolute atomic E-state index is 0.0680. The summed E-state index contributed by atoms with van der Waals surface area (Å²) in [5, 5.41) is 31.1. The van der Waals surface area contributed by atoms with E-state index in [-0.39, 0.29) is 5.41 Å². The number of anilines is 1. The molecule has 0 amide bonds. The lowest BCUT2D eigenvalue weighted by molar-refractivity contribution is -0.134. The van der Waals surface area contributed by atoms with E-state index in [0.717, 1.165) is 47.2 Å². The molecule has 0 bridgehead atoms. The van der Waals surface area contributed by atoms with Crippen LogP contribution in [0.2, 0.25) is 0 Å². The zero-order chi connectivity index (χ0) is 24.0. The number of nitrogens with one attached hydrogen (secondary N) is 1. The van der Waals surface area contributed by atoms with E-state index in [1.165, 1.54) is 5.56 Å². The van der Waals surface area contributed by atoms with Gasteiger partial charge in [-0.05, 0) is 29.9 Å². The third kappa shape index (κ3) is 6.40. The molecule has 7 nitrogen and oxygen atoms in total. The average molecular weight is 449 g/mol. The van der Waals surface area contributed by atoms with Crippen molar-refractivity contribution in [3.05, 3.63) is 83.6 Å². The first kappa shape index (κ1) is 23.9. The second kappa shape index (κ2) is 10.3. The minimum Gasteiger partial charge on any atom is -0.478 e. The van der Waals surface area contributed by atoms with E-state index in [9.17, 15) is 14.7 Å². The number of aliphatic carboxylic acids is 2. The number of carboxylic acid groups (broad SMARTS) is 2. The quantitative estimate of drug-likeness (QED) is 0.422. The Labute approximate surface area is 192 Å². The summed E-state index contributed by atoms with van der Waals surface area (Å²) in [6, 6.07) is 18.5. The number of aliphatic hydroxyl groups excluding tert-OH is 1. The summed E-state index contributed by atoms with van der Waals surface area (Å²) in [5.74, 6) is -2.51. The van der Waals surface area contributed by atoms with Crippen molar-refractivity contribution in [3.8, 4) is 0 Å². The molecule has 0 spiro atoms. The molecule has 1 aromatic heterocycles. The second-order valence-corrected chi connectivity index (χ2v) is 8.77. The molecule has 1 aliphatic rings. The topological polar surface area (TPSA) is 120 Å². The van der Waals surface area contributed by atoms with Gasteiger partial charge in [-0.25, -0.2) is 9.59 Å². The fourth-order valence-electron chi connectivity index (χ4n) is 4.04. The van der Waals surface area contributed by atoms with Crippen LogP contribution in [0.1, 0.15) is 43.2 Å². The van der Waals surface area contributed by atoms with Crippen LogP contribution in [0.4, 0.5) is 5.69 Å². The largest absolute Gasteiger partial charge is 0.478 e. The van der Waals surface area contributed by atoms with E-state index < -0.39 is 18.0 Å². The number of aromatic nitrogens is 1. The van der Waals surface area contributed by atoms with E-state index in [2.05, 4.69) is 55.6 Å². The molecule has 33 heavy (non-hydrogen) atoms. The summed E-state index contributed by atoms with van der Waals surface area (Å²) in [4.78, 5) is 24.0. The van der Waals surface area contributed by atoms with Crippen LogP contribution in [0.15, 0.2) is 66.7 Å². The summed E-state index contributed by atoms with van der Waals surface area (Å²) in [5.41, 5.74) is 5.32. The number of rotatable bonds is 5. The van der Waals surface area contributed by atoms with Gasteiger partial charge in [0.2, 0.25) is 0 Å². The lowest BCUT2D eigenvalue weighted by atomic mass is 9.74. The molecule has 4 N–H and O–H groups in total. The summed E-state index contributed by atoms with van der Waals surface area (Å²) in [6.07, 6.45) is 2.30. The Morgan fingerprint density at radius 3 is 2.27 bits per heavy atom.